The van der Waals surface area contributed by atoms with Crippen LogP contribution in [0.4, 0.5) is 0 Å². The predicted molar refractivity (Wildman–Crippen MR) is 72.2 cm³/mol. The minimum Gasteiger partial charge on any atom is -0.304 e. The molecule has 3 heteroatoms. The summed E-state index contributed by atoms with van der Waals surface area (Å²) >= 11 is 0. The van der Waals surface area contributed by atoms with E-state index in [1.165, 1.54) is 19.3 Å². The fourth-order valence-corrected chi connectivity index (χ4v) is 1.96. The SMILES string of the molecule is CCN(CC)CCC(CCCC(C)C)NN. The van der Waals surface area contributed by atoms with Gasteiger partial charge in [0.1, 0.15) is 0 Å². The van der Waals surface area contributed by atoms with Gasteiger partial charge in [0, 0.05) is 6.04 Å². The molecule has 98 valence electrons. The van der Waals surface area contributed by atoms with E-state index in [-0.39, 0.29) is 0 Å². The predicted octanol–water partition coefficient (Wildman–Crippen LogP) is 2.38. The van der Waals surface area contributed by atoms with Crippen LogP contribution in [0.25, 0.3) is 0 Å². The molecule has 0 rings (SSSR count). The van der Waals surface area contributed by atoms with E-state index in [1.807, 2.05) is 0 Å². The Hall–Kier alpha value is -0.120. The van der Waals surface area contributed by atoms with Gasteiger partial charge in [-0.15, -0.1) is 0 Å². The summed E-state index contributed by atoms with van der Waals surface area (Å²) in [5.74, 6) is 6.40. The summed E-state index contributed by atoms with van der Waals surface area (Å²) in [5.41, 5.74) is 2.95. The molecule has 0 aromatic rings. The number of nitrogens with two attached hydrogens (primary N) is 1. The molecule has 0 aliphatic rings. The summed E-state index contributed by atoms with van der Waals surface area (Å²) in [7, 11) is 0. The molecule has 0 aromatic heterocycles. The molecule has 3 nitrogen and oxygen atoms in total. The fourth-order valence-electron chi connectivity index (χ4n) is 1.96. The molecule has 0 radical (unpaired) electrons. The summed E-state index contributed by atoms with van der Waals surface area (Å²) in [6, 6.07) is 0.486. The van der Waals surface area contributed by atoms with Crippen LogP contribution in [0, 0.1) is 5.92 Å². The Kier molecular flexibility index (Phi) is 9.99. The minimum absolute atomic E-state index is 0.486. The Labute approximate surface area is 102 Å². The number of rotatable bonds is 10. The highest BCUT2D eigenvalue weighted by Gasteiger charge is 2.08. The molecular weight excluding hydrogens is 198 g/mol. The third-order valence-electron chi connectivity index (χ3n) is 3.26. The molecule has 0 saturated carbocycles. The van der Waals surface area contributed by atoms with E-state index < -0.39 is 0 Å². The first kappa shape index (κ1) is 15.9. The Balaban J connectivity index is 3.65. The van der Waals surface area contributed by atoms with E-state index in [4.69, 9.17) is 5.84 Å². The second kappa shape index (κ2) is 10.1. The smallest absolute Gasteiger partial charge is 0.0222 e. The molecule has 0 aromatic carbocycles. The van der Waals surface area contributed by atoms with Crippen molar-refractivity contribution in [2.75, 3.05) is 19.6 Å². The van der Waals surface area contributed by atoms with Crippen molar-refractivity contribution in [3.8, 4) is 0 Å². The van der Waals surface area contributed by atoms with Crippen molar-refractivity contribution in [2.24, 2.45) is 11.8 Å². The van der Waals surface area contributed by atoms with Gasteiger partial charge in [-0.05, 0) is 38.4 Å². The van der Waals surface area contributed by atoms with Crippen LogP contribution < -0.4 is 11.3 Å². The van der Waals surface area contributed by atoms with Crippen LogP contribution in [0.1, 0.15) is 53.4 Å². The van der Waals surface area contributed by atoms with Crippen LogP contribution in [0.3, 0.4) is 0 Å². The normalized spacial score (nSPS) is 13.7. The van der Waals surface area contributed by atoms with Crippen LogP contribution in [0.5, 0.6) is 0 Å². The van der Waals surface area contributed by atoms with E-state index in [9.17, 15) is 0 Å². The molecular formula is C13H31N3. The highest BCUT2D eigenvalue weighted by molar-refractivity contribution is 4.67. The molecule has 0 amide bonds. The van der Waals surface area contributed by atoms with Gasteiger partial charge < -0.3 is 4.90 Å². The summed E-state index contributed by atoms with van der Waals surface area (Å²) < 4.78 is 0. The van der Waals surface area contributed by atoms with Crippen molar-refractivity contribution in [1.29, 1.82) is 0 Å². The van der Waals surface area contributed by atoms with Crippen molar-refractivity contribution >= 4 is 0 Å². The van der Waals surface area contributed by atoms with Gasteiger partial charge in [-0.2, -0.15) is 0 Å². The van der Waals surface area contributed by atoms with E-state index in [1.54, 1.807) is 0 Å². The zero-order chi connectivity index (χ0) is 12.4. The number of nitrogens with zero attached hydrogens (tertiary/aromatic N) is 1. The maximum absolute atomic E-state index is 5.59. The van der Waals surface area contributed by atoms with Gasteiger partial charge in [0.05, 0.1) is 0 Å². The standard InChI is InChI=1S/C13H31N3/c1-5-16(6-2)11-10-13(15-14)9-7-8-12(3)4/h12-13,15H,5-11,14H2,1-4H3. The Morgan fingerprint density at radius 3 is 2.12 bits per heavy atom. The zero-order valence-corrected chi connectivity index (χ0v) is 11.6. The summed E-state index contributed by atoms with van der Waals surface area (Å²) in [6.07, 6.45) is 4.96. The third-order valence-corrected chi connectivity index (χ3v) is 3.26. The number of hydrogen-bond acceptors (Lipinski definition) is 3. The maximum Gasteiger partial charge on any atom is 0.0222 e. The molecule has 0 saturated heterocycles. The lowest BCUT2D eigenvalue weighted by Gasteiger charge is -2.22. The Morgan fingerprint density at radius 2 is 1.69 bits per heavy atom. The van der Waals surface area contributed by atoms with E-state index >= 15 is 0 Å². The third kappa shape index (κ3) is 8.08. The first-order chi connectivity index (χ1) is 7.63. The van der Waals surface area contributed by atoms with Crippen LogP contribution >= 0.6 is 0 Å². The van der Waals surface area contributed by atoms with Gasteiger partial charge in [0.15, 0.2) is 0 Å². The van der Waals surface area contributed by atoms with Crippen LogP contribution in [-0.4, -0.2) is 30.6 Å². The van der Waals surface area contributed by atoms with Crippen molar-refractivity contribution in [1.82, 2.24) is 10.3 Å². The fraction of sp³-hybridized carbons (Fsp3) is 1.00. The molecule has 3 N–H and O–H groups in total. The lowest BCUT2D eigenvalue weighted by molar-refractivity contribution is 0.275. The molecule has 0 heterocycles. The molecule has 0 fully saturated rings. The largest absolute Gasteiger partial charge is 0.304 e. The van der Waals surface area contributed by atoms with E-state index in [0.29, 0.717) is 6.04 Å². The van der Waals surface area contributed by atoms with E-state index in [0.717, 1.165) is 32.0 Å². The molecule has 0 aliphatic carbocycles. The Bertz CT molecular complexity index is 144. The molecule has 1 atom stereocenters. The first-order valence-corrected chi connectivity index (χ1v) is 6.82. The van der Waals surface area contributed by atoms with Crippen molar-refractivity contribution in [3.63, 3.8) is 0 Å². The van der Waals surface area contributed by atoms with Gasteiger partial charge in [0.25, 0.3) is 0 Å². The average molecular weight is 229 g/mol. The van der Waals surface area contributed by atoms with Gasteiger partial charge >= 0.3 is 0 Å². The van der Waals surface area contributed by atoms with Gasteiger partial charge in [0.2, 0.25) is 0 Å². The molecule has 1 unspecified atom stereocenters. The molecule has 0 aliphatic heterocycles. The first-order valence-electron chi connectivity index (χ1n) is 6.82. The van der Waals surface area contributed by atoms with Crippen molar-refractivity contribution in [3.05, 3.63) is 0 Å². The monoisotopic (exact) mass is 229 g/mol. The number of hydrogen-bond donors (Lipinski definition) is 2. The maximum atomic E-state index is 5.59. The summed E-state index contributed by atoms with van der Waals surface area (Å²) in [4.78, 5) is 2.45. The van der Waals surface area contributed by atoms with Crippen molar-refractivity contribution in [2.45, 2.75) is 59.4 Å². The molecule has 16 heavy (non-hydrogen) atoms. The van der Waals surface area contributed by atoms with Crippen molar-refractivity contribution < 1.29 is 0 Å². The topological polar surface area (TPSA) is 41.3 Å². The summed E-state index contributed by atoms with van der Waals surface area (Å²) in [6.45, 7) is 12.4. The van der Waals surface area contributed by atoms with Crippen LogP contribution in [0.2, 0.25) is 0 Å². The molecule has 0 spiro atoms. The second-order valence-corrected chi connectivity index (χ2v) is 5.00. The average Bonchev–Trinajstić information content (AvgIpc) is 2.27. The minimum atomic E-state index is 0.486. The summed E-state index contributed by atoms with van der Waals surface area (Å²) in [5, 5.41) is 0. The van der Waals surface area contributed by atoms with Gasteiger partial charge in [-0.1, -0.05) is 40.5 Å². The zero-order valence-electron chi connectivity index (χ0n) is 11.6. The lowest BCUT2D eigenvalue weighted by atomic mass is 10.0. The number of hydrazine groups is 1. The molecule has 0 bridgehead atoms. The van der Waals surface area contributed by atoms with Gasteiger partial charge in [-0.3, -0.25) is 11.3 Å². The highest BCUT2D eigenvalue weighted by atomic mass is 15.2. The second-order valence-electron chi connectivity index (χ2n) is 5.00. The number of nitrogens with one attached hydrogen (secondary N) is 1. The Morgan fingerprint density at radius 1 is 1.06 bits per heavy atom. The van der Waals surface area contributed by atoms with E-state index in [2.05, 4.69) is 38.0 Å². The lowest BCUT2D eigenvalue weighted by Crippen LogP contribution is -2.38. The highest BCUT2D eigenvalue weighted by Crippen LogP contribution is 2.10. The van der Waals surface area contributed by atoms with Crippen LogP contribution in [0.15, 0.2) is 0 Å². The quantitative estimate of drug-likeness (QED) is 0.446. The van der Waals surface area contributed by atoms with Gasteiger partial charge in [-0.25, -0.2) is 0 Å². The van der Waals surface area contributed by atoms with Crippen LogP contribution in [-0.2, 0) is 0 Å².